The number of unbranched alkanes of at least 4 members (excludes halogenated alkanes) is 1. The molecule has 0 spiro atoms. The molecule has 1 saturated heterocycles. The molecule has 1 aromatic carbocycles. The maximum absolute atomic E-state index is 12.5. The second-order valence-electron chi connectivity index (χ2n) is 8.62. The maximum atomic E-state index is 12.5. The van der Waals surface area contributed by atoms with Gasteiger partial charge in [-0.3, -0.25) is 14.9 Å². The Morgan fingerprint density at radius 1 is 1.20 bits per heavy atom. The van der Waals surface area contributed by atoms with Crippen molar-refractivity contribution in [2.75, 3.05) is 32.8 Å². The topological polar surface area (TPSA) is 115 Å². The Morgan fingerprint density at radius 2 is 1.97 bits per heavy atom. The number of nitro groups is 1. The number of nitrogens with two attached hydrogens (primary N) is 1. The van der Waals surface area contributed by atoms with Gasteiger partial charge in [0.1, 0.15) is 10.7 Å². The third kappa shape index (κ3) is 8.94. The Kier molecular flexibility index (Phi) is 10.4. The van der Waals surface area contributed by atoms with E-state index >= 15 is 0 Å². The van der Waals surface area contributed by atoms with Gasteiger partial charge in [0.15, 0.2) is 0 Å². The first-order valence-electron chi connectivity index (χ1n) is 12.0. The molecule has 2 heterocycles. The van der Waals surface area contributed by atoms with E-state index in [2.05, 4.69) is 17.0 Å². The number of likely N-dealkylation sites (tertiary alicyclic amines) is 1. The number of benzene rings is 1. The molecule has 0 bridgehead atoms. The molecule has 188 valence electrons. The van der Waals surface area contributed by atoms with Gasteiger partial charge in [-0.15, -0.1) is 0 Å². The van der Waals surface area contributed by atoms with Crippen molar-refractivity contribution < 1.29 is 18.9 Å². The fourth-order valence-electron chi connectivity index (χ4n) is 4.09. The summed E-state index contributed by atoms with van der Waals surface area (Å²) < 4.78 is 10.8. The van der Waals surface area contributed by atoms with Crippen molar-refractivity contribution in [2.24, 2.45) is 11.7 Å². The monoisotopic (exact) mass is 482 g/mol. The molecule has 2 aromatic rings. The maximum Gasteiger partial charge on any atom is 0.433 e. The molecule has 3 rings (SSSR count). The number of nitrogens with zero attached hydrogens (tertiary/aromatic N) is 3. The van der Waals surface area contributed by atoms with Crippen LogP contribution in [0.25, 0.3) is 6.08 Å². The van der Waals surface area contributed by atoms with Crippen LogP contribution in [0.15, 0.2) is 65.4 Å². The fourth-order valence-corrected chi connectivity index (χ4v) is 4.09. The van der Waals surface area contributed by atoms with E-state index in [1.54, 1.807) is 11.1 Å². The molecule has 0 saturated carbocycles. The molecule has 1 fully saturated rings. The predicted octanol–water partition coefficient (Wildman–Crippen LogP) is 4.17. The number of furan rings is 1. The number of carbonyl (C=O) groups excluding carboxylic acids is 1. The van der Waals surface area contributed by atoms with E-state index in [0.29, 0.717) is 25.6 Å². The van der Waals surface area contributed by atoms with Gasteiger partial charge in [-0.25, -0.2) is 0 Å². The highest BCUT2D eigenvalue weighted by Crippen LogP contribution is 2.20. The largest absolute Gasteiger partial charge is 0.433 e. The zero-order valence-electron chi connectivity index (χ0n) is 20.0. The molecule has 1 aliphatic heterocycles. The zero-order chi connectivity index (χ0) is 24.9. The molecule has 9 heteroatoms. The molecule has 1 aliphatic rings. The fraction of sp³-hybridized carbons (Fsp3) is 0.423. The van der Waals surface area contributed by atoms with Crippen LogP contribution in [0.3, 0.4) is 0 Å². The second kappa shape index (κ2) is 14.0. The number of piperidine rings is 1. The molecule has 1 aromatic heterocycles. The molecule has 0 radical (unpaired) electrons. The SMILES string of the molecule is N/C=C\N(CCCCOCc1ccccc1)CC1CCN(C(=O)/C=C/c2ccc([N+](=O)[O-])o2)CC1. The van der Waals surface area contributed by atoms with Crippen LogP contribution in [0.2, 0.25) is 0 Å². The number of hydrogen-bond donors (Lipinski definition) is 1. The van der Waals surface area contributed by atoms with Gasteiger partial charge < -0.3 is 24.7 Å². The zero-order valence-corrected chi connectivity index (χ0v) is 20.0. The van der Waals surface area contributed by atoms with E-state index in [1.807, 2.05) is 24.4 Å². The summed E-state index contributed by atoms with van der Waals surface area (Å²) in [5, 5.41) is 10.7. The molecular formula is C26H34N4O5. The Balaban J connectivity index is 1.33. The van der Waals surface area contributed by atoms with E-state index in [-0.39, 0.29) is 17.6 Å². The van der Waals surface area contributed by atoms with Crippen molar-refractivity contribution in [2.45, 2.75) is 32.3 Å². The van der Waals surface area contributed by atoms with Crippen LogP contribution in [0.5, 0.6) is 0 Å². The summed E-state index contributed by atoms with van der Waals surface area (Å²) in [7, 11) is 0. The van der Waals surface area contributed by atoms with Crippen LogP contribution in [-0.2, 0) is 16.1 Å². The van der Waals surface area contributed by atoms with Crippen molar-refractivity contribution in [3.63, 3.8) is 0 Å². The highest BCUT2D eigenvalue weighted by molar-refractivity contribution is 5.91. The van der Waals surface area contributed by atoms with Crippen molar-refractivity contribution in [1.82, 2.24) is 9.80 Å². The predicted molar refractivity (Wildman–Crippen MR) is 134 cm³/mol. The minimum absolute atomic E-state index is 0.114. The second-order valence-corrected chi connectivity index (χ2v) is 8.62. The number of amides is 1. The number of carbonyl (C=O) groups is 1. The lowest BCUT2D eigenvalue weighted by molar-refractivity contribution is -0.402. The van der Waals surface area contributed by atoms with E-state index in [1.165, 1.54) is 29.8 Å². The summed E-state index contributed by atoms with van der Waals surface area (Å²) in [5.41, 5.74) is 6.85. The summed E-state index contributed by atoms with van der Waals surface area (Å²) >= 11 is 0. The summed E-state index contributed by atoms with van der Waals surface area (Å²) in [6.45, 7) is 4.56. The third-order valence-electron chi connectivity index (χ3n) is 5.99. The van der Waals surface area contributed by atoms with E-state index < -0.39 is 4.92 Å². The minimum Gasteiger partial charge on any atom is -0.403 e. The van der Waals surface area contributed by atoms with Gasteiger partial charge in [-0.2, -0.15) is 0 Å². The summed E-state index contributed by atoms with van der Waals surface area (Å²) in [6.07, 6.45) is 10.2. The van der Waals surface area contributed by atoms with Crippen molar-refractivity contribution in [3.8, 4) is 0 Å². The molecule has 1 amide bonds. The van der Waals surface area contributed by atoms with Crippen LogP contribution in [0.1, 0.15) is 37.0 Å². The van der Waals surface area contributed by atoms with Crippen LogP contribution >= 0.6 is 0 Å². The number of ether oxygens (including phenoxy) is 1. The van der Waals surface area contributed by atoms with Gasteiger partial charge in [0, 0.05) is 51.3 Å². The van der Waals surface area contributed by atoms with Gasteiger partial charge in [0.05, 0.1) is 12.7 Å². The van der Waals surface area contributed by atoms with Gasteiger partial charge >= 0.3 is 5.88 Å². The quantitative estimate of drug-likeness (QED) is 0.197. The lowest BCUT2D eigenvalue weighted by Gasteiger charge is -2.34. The van der Waals surface area contributed by atoms with Crippen molar-refractivity contribution in [1.29, 1.82) is 0 Å². The molecule has 0 aliphatic carbocycles. The van der Waals surface area contributed by atoms with Crippen molar-refractivity contribution in [3.05, 3.63) is 82.4 Å². The molecule has 35 heavy (non-hydrogen) atoms. The highest BCUT2D eigenvalue weighted by atomic mass is 16.6. The average molecular weight is 483 g/mol. The molecule has 0 atom stereocenters. The summed E-state index contributed by atoms with van der Waals surface area (Å²) in [6, 6.07) is 12.9. The highest BCUT2D eigenvalue weighted by Gasteiger charge is 2.23. The standard InChI is InChI=1S/C26H34N4O5/c27-14-18-28(15-4-5-19-34-21-23-6-2-1-3-7-23)20-22-12-16-29(17-13-22)25(31)10-8-24-9-11-26(35-24)30(32)33/h1-3,6-11,14,18,22H,4-5,12-13,15-17,19-21,27H2/b10-8+,18-14-. The third-order valence-corrected chi connectivity index (χ3v) is 5.99. The molecular weight excluding hydrogens is 448 g/mol. The Hall–Kier alpha value is -3.59. The Labute approximate surface area is 206 Å². The minimum atomic E-state index is -0.604. The lowest BCUT2D eigenvalue weighted by atomic mass is 9.96. The number of hydrogen-bond acceptors (Lipinski definition) is 7. The van der Waals surface area contributed by atoms with Crippen LogP contribution in [0.4, 0.5) is 5.88 Å². The van der Waals surface area contributed by atoms with Gasteiger partial charge in [0.2, 0.25) is 5.91 Å². The Bertz CT molecular complexity index is 981. The normalized spacial score (nSPS) is 14.7. The number of rotatable bonds is 13. The molecule has 0 unspecified atom stereocenters. The lowest BCUT2D eigenvalue weighted by Crippen LogP contribution is -2.40. The first-order chi connectivity index (χ1) is 17.0. The van der Waals surface area contributed by atoms with E-state index in [9.17, 15) is 14.9 Å². The van der Waals surface area contributed by atoms with Crippen LogP contribution in [0, 0.1) is 16.0 Å². The van der Waals surface area contributed by atoms with Gasteiger partial charge in [-0.05, 0) is 49.3 Å². The smallest absolute Gasteiger partial charge is 0.403 e. The first-order valence-corrected chi connectivity index (χ1v) is 12.0. The Morgan fingerprint density at radius 3 is 2.66 bits per heavy atom. The summed E-state index contributed by atoms with van der Waals surface area (Å²) in [5.74, 6) is 0.321. The summed E-state index contributed by atoms with van der Waals surface area (Å²) in [4.78, 5) is 26.6. The van der Waals surface area contributed by atoms with Crippen LogP contribution in [-0.4, -0.2) is 53.4 Å². The van der Waals surface area contributed by atoms with Gasteiger partial charge in [0.25, 0.3) is 0 Å². The van der Waals surface area contributed by atoms with Crippen molar-refractivity contribution >= 4 is 17.9 Å². The molecule has 2 N–H and O–H groups in total. The van der Waals surface area contributed by atoms with Gasteiger partial charge in [-0.1, -0.05) is 30.3 Å². The first kappa shape index (κ1) is 26.0. The van der Waals surface area contributed by atoms with E-state index in [4.69, 9.17) is 14.9 Å². The van der Waals surface area contributed by atoms with Crippen LogP contribution < -0.4 is 5.73 Å². The average Bonchev–Trinajstić information content (AvgIpc) is 3.35. The van der Waals surface area contributed by atoms with E-state index in [0.717, 1.165) is 45.4 Å². The molecule has 9 nitrogen and oxygen atoms in total.